The molecule has 18 heavy (non-hydrogen) atoms. The number of benzene rings is 1. The number of carbonyl (C=O) groups is 2. The summed E-state index contributed by atoms with van der Waals surface area (Å²) in [6, 6.07) is 9.20. The molecule has 2 amide bonds. The fraction of sp³-hybridized carbons (Fsp3) is 0.333. The lowest BCUT2D eigenvalue weighted by molar-refractivity contribution is -0.154. The van der Waals surface area contributed by atoms with Gasteiger partial charge in [0, 0.05) is 5.92 Å². The Morgan fingerprint density at radius 2 is 1.78 bits per heavy atom. The maximum atomic E-state index is 12.5. The van der Waals surface area contributed by atoms with Crippen LogP contribution in [-0.4, -0.2) is 11.8 Å². The summed E-state index contributed by atoms with van der Waals surface area (Å²) < 4.78 is 0. The van der Waals surface area contributed by atoms with E-state index in [-0.39, 0.29) is 17.7 Å². The molecular formula is C15H13NO2. The number of imide groups is 1. The molecule has 3 nitrogen and oxygen atoms in total. The standard InChI is InChI=1S/C15H13NO2/c17-13-15(9-10-6-7-11(15)8-10)14(18)16(13)12-4-2-1-3-5-12/h1-7,10-11H,8-9H2. The van der Waals surface area contributed by atoms with E-state index in [1.54, 1.807) is 0 Å². The summed E-state index contributed by atoms with van der Waals surface area (Å²) in [4.78, 5) is 26.3. The van der Waals surface area contributed by atoms with E-state index >= 15 is 0 Å². The minimum Gasteiger partial charge on any atom is -0.273 e. The van der Waals surface area contributed by atoms with Gasteiger partial charge in [-0.05, 0) is 30.9 Å². The minimum atomic E-state index is -0.713. The number of rotatable bonds is 1. The third-order valence-corrected chi connectivity index (χ3v) is 4.57. The van der Waals surface area contributed by atoms with E-state index in [2.05, 4.69) is 12.2 Å². The van der Waals surface area contributed by atoms with Crippen molar-refractivity contribution in [2.24, 2.45) is 17.3 Å². The average Bonchev–Trinajstić information content (AvgIpc) is 3.02. The van der Waals surface area contributed by atoms with Crippen molar-refractivity contribution in [1.29, 1.82) is 0 Å². The minimum absolute atomic E-state index is 0.00412. The molecular weight excluding hydrogens is 226 g/mol. The maximum absolute atomic E-state index is 12.5. The van der Waals surface area contributed by atoms with E-state index in [1.807, 2.05) is 30.3 Å². The molecule has 2 atom stereocenters. The van der Waals surface area contributed by atoms with Crippen molar-refractivity contribution in [3.63, 3.8) is 0 Å². The average molecular weight is 239 g/mol. The predicted octanol–water partition coefficient (Wildman–Crippen LogP) is 2.14. The maximum Gasteiger partial charge on any atom is 0.250 e. The molecule has 1 aromatic carbocycles. The molecule has 2 unspecified atom stereocenters. The van der Waals surface area contributed by atoms with Crippen LogP contribution in [0, 0.1) is 17.3 Å². The van der Waals surface area contributed by atoms with Crippen LogP contribution in [0.2, 0.25) is 0 Å². The van der Waals surface area contributed by atoms with Crippen molar-refractivity contribution in [2.45, 2.75) is 12.8 Å². The Balaban J connectivity index is 1.72. The number of allylic oxidation sites excluding steroid dienone is 2. The molecule has 4 rings (SSSR count). The third kappa shape index (κ3) is 0.964. The van der Waals surface area contributed by atoms with Crippen LogP contribution in [0.1, 0.15) is 12.8 Å². The summed E-state index contributed by atoms with van der Waals surface area (Å²) in [6.45, 7) is 0. The summed E-state index contributed by atoms with van der Waals surface area (Å²) in [6.07, 6.45) is 5.91. The highest BCUT2D eigenvalue weighted by molar-refractivity contribution is 6.36. The van der Waals surface area contributed by atoms with Crippen LogP contribution in [0.3, 0.4) is 0 Å². The zero-order valence-electron chi connectivity index (χ0n) is 9.87. The number of para-hydroxylation sites is 1. The van der Waals surface area contributed by atoms with Gasteiger partial charge >= 0.3 is 0 Å². The van der Waals surface area contributed by atoms with E-state index in [4.69, 9.17) is 0 Å². The Morgan fingerprint density at radius 1 is 1.06 bits per heavy atom. The highest BCUT2D eigenvalue weighted by Gasteiger charge is 2.68. The van der Waals surface area contributed by atoms with Crippen LogP contribution in [0.5, 0.6) is 0 Å². The van der Waals surface area contributed by atoms with Crippen LogP contribution in [0.25, 0.3) is 0 Å². The Labute approximate surface area is 105 Å². The second kappa shape index (κ2) is 3.10. The second-order valence-corrected chi connectivity index (χ2v) is 5.44. The molecule has 1 saturated heterocycles. The Bertz CT molecular complexity index is 559. The Hall–Kier alpha value is -1.90. The topological polar surface area (TPSA) is 37.4 Å². The van der Waals surface area contributed by atoms with Gasteiger partial charge in [0.15, 0.2) is 0 Å². The summed E-state index contributed by atoms with van der Waals surface area (Å²) >= 11 is 0. The number of hydrogen-bond acceptors (Lipinski definition) is 2. The Morgan fingerprint density at radius 3 is 2.33 bits per heavy atom. The molecule has 2 bridgehead atoms. The lowest BCUT2D eigenvalue weighted by Crippen LogP contribution is -2.68. The van der Waals surface area contributed by atoms with Crippen LogP contribution >= 0.6 is 0 Å². The van der Waals surface area contributed by atoms with Gasteiger partial charge in [-0.1, -0.05) is 30.4 Å². The fourth-order valence-electron chi connectivity index (χ4n) is 3.69. The molecule has 1 heterocycles. The second-order valence-electron chi connectivity index (χ2n) is 5.44. The van der Waals surface area contributed by atoms with Gasteiger partial charge in [0.2, 0.25) is 11.8 Å². The van der Waals surface area contributed by atoms with Crippen molar-refractivity contribution < 1.29 is 9.59 Å². The highest BCUT2D eigenvalue weighted by Crippen LogP contribution is 2.58. The van der Waals surface area contributed by atoms with Gasteiger partial charge in [0.05, 0.1) is 5.69 Å². The van der Waals surface area contributed by atoms with Crippen molar-refractivity contribution in [2.75, 3.05) is 4.90 Å². The van der Waals surface area contributed by atoms with Crippen molar-refractivity contribution in [1.82, 2.24) is 0 Å². The number of anilines is 1. The SMILES string of the molecule is O=C1N(c2ccccc2)C(=O)C12CC1C=CC2C1. The smallest absolute Gasteiger partial charge is 0.250 e. The highest BCUT2D eigenvalue weighted by atomic mass is 16.2. The Kier molecular flexibility index (Phi) is 1.74. The lowest BCUT2D eigenvalue weighted by Gasteiger charge is -2.47. The first kappa shape index (κ1) is 10.1. The predicted molar refractivity (Wildman–Crippen MR) is 66.7 cm³/mol. The van der Waals surface area contributed by atoms with Crippen LogP contribution in [-0.2, 0) is 9.59 Å². The van der Waals surface area contributed by atoms with E-state index in [9.17, 15) is 9.59 Å². The summed E-state index contributed by atoms with van der Waals surface area (Å²) in [5.74, 6) is 0.564. The van der Waals surface area contributed by atoms with E-state index < -0.39 is 5.41 Å². The molecule has 1 aromatic rings. The monoisotopic (exact) mass is 239 g/mol. The van der Waals surface area contributed by atoms with Crippen molar-refractivity contribution in [3.05, 3.63) is 42.5 Å². The number of β-lactam (4-membered cyclic amide) rings is 2. The van der Waals surface area contributed by atoms with Gasteiger partial charge in [-0.3, -0.25) is 9.59 Å². The summed E-state index contributed by atoms with van der Waals surface area (Å²) in [5, 5.41) is 0. The van der Waals surface area contributed by atoms with Gasteiger partial charge in [-0.2, -0.15) is 0 Å². The third-order valence-electron chi connectivity index (χ3n) is 4.57. The number of amides is 2. The molecule has 1 spiro atoms. The van der Waals surface area contributed by atoms with Gasteiger partial charge in [0.1, 0.15) is 5.41 Å². The zero-order valence-corrected chi connectivity index (χ0v) is 9.87. The molecule has 1 aliphatic heterocycles. The normalized spacial score (nSPS) is 31.2. The summed E-state index contributed by atoms with van der Waals surface area (Å²) in [5.41, 5.74) is -0.0141. The van der Waals surface area contributed by atoms with E-state index in [0.29, 0.717) is 11.6 Å². The van der Waals surface area contributed by atoms with Gasteiger partial charge in [-0.15, -0.1) is 0 Å². The van der Waals surface area contributed by atoms with E-state index in [1.165, 1.54) is 4.90 Å². The lowest BCUT2D eigenvalue weighted by atomic mass is 9.67. The first-order chi connectivity index (χ1) is 8.73. The molecule has 0 aromatic heterocycles. The van der Waals surface area contributed by atoms with Gasteiger partial charge in [0.25, 0.3) is 0 Å². The molecule has 90 valence electrons. The molecule has 0 N–H and O–H groups in total. The van der Waals surface area contributed by atoms with Gasteiger partial charge < -0.3 is 0 Å². The molecule has 2 aliphatic carbocycles. The number of hydrogen-bond donors (Lipinski definition) is 0. The number of nitrogens with zero attached hydrogens (tertiary/aromatic N) is 1. The number of carbonyl (C=O) groups excluding carboxylic acids is 2. The zero-order chi connectivity index (χ0) is 12.3. The first-order valence-electron chi connectivity index (χ1n) is 6.36. The van der Waals surface area contributed by atoms with Crippen LogP contribution < -0.4 is 4.90 Å². The quantitative estimate of drug-likeness (QED) is 0.428. The first-order valence-corrected chi connectivity index (χ1v) is 6.36. The van der Waals surface area contributed by atoms with Gasteiger partial charge in [-0.25, -0.2) is 4.90 Å². The molecule has 2 fully saturated rings. The fourth-order valence-corrected chi connectivity index (χ4v) is 3.69. The number of fused-ring (bicyclic) bond motifs is 3. The van der Waals surface area contributed by atoms with E-state index in [0.717, 1.165) is 12.8 Å². The molecule has 3 heteroatoms. The summed E-state index contributed by atoms with van der Waals surface area (Å²) in [7, 11) is 0. The van der Waals surface area contributed by atoms with Crippen LogP contribution in [0.15, 0.2) is 42.5 Å². The molecule has 0 radical (unpaired) electrons. The largest absolute Gasteiger partial charge is 0.273 e. The van der Waals surface area contributed by atoms with Crippen LogP contribution in [0.4, 0.5) is 5.69 Å². The molecule has 1 saturated carbocycles. The van der Waals surface area contributed by atoms with Crippen molar-refractivity contribution >= 4 is 17.5 Å². The molecule has 3 aliphatic rings. The van der Waals surface area contributed by atoms with Crippen molar-refractivity contribution in [3.8, 4) is 0 Å².